The standard InChI is InChI=1S/C25H27BrN2O/c26-18-9-7-15(8-10-18)25(29)27-19-11-22-20-5-1-3-16(20)13-28-14-17-4-2-6-21(17)23(12-19)24(22)28/h7-12,16-17,20-21H,1-6,13-14H2,(H,27,29)/t16-,17-,20-,21+/m1/s1. The van der Waals surface area contributed by atoms with Crippen molar-refractivity contribution in [2.75, 3.05) is 23.3 Å². The van der Waals surface area contributed by atoms with E-state index >= 15 is 0 Å². The fourth-order valence-corrected chi connectivity index (χ4v) is 6.90. The number of nitrogens with zero attached hydrogens (tertiary/aromatic N) is 1. The predicted octanol–water partition coefficient (Wildman–Crippen LogP) is 6.30. The minimum absolute atomic E-state index is 0.0148. The third kappa shape index (κ3) is 2.94. The van der Waals surface area contributed by atoms with Gasteiger partial charge in [-0.25, -0.2) is 0 Å². The molecule has 2 aliphatic heterocycles. The Morgan fingerprint density at radius 1 is 0.897 bits per heavy atom. The lowest BCUT2D eigenvalue weighted by molar-refractivity contribution is 0.102. The van der Waals surface area contributed by atoms with E-state index in [1.54, 1.807) is 0 Å². The van der Waals surface area contributed by atoms with Gasteiger partial charge in [0.05, 0.1) is 0 Å². The Labute approximate surface area is 181 Å². The summed E-state index contributed by atoms with van der Waals surface area (Å²) in [5.41, 5.74) is 6.28. The van der Waals surface area contributed by atoms with Crippen LogP contribution in [0.5, 0.6) is 0 Å². The van der Waals surface area contributed by atoms with Crippen LogP contribution in [0.15, 0.2) is 40.9 Å². The van der Waals surface area contributed by atoms with Crippen LogP contribution in [-0.4, -0.2) is 19.0 Å². The lowest BCUT2D eigenvalue weighted by Crippen LogP contribution is -2.43. The van der Waals surface area contributed by atoms with Crippen molar-refractivity contribution >= 4 is 33.2 Å². The van der Waals surface area contributed by atoms with Crippen LogP contribution in [-0.2, 0) is 0 Å². The number of hydrogen-bond acceptors (Lipinski definition) is 2. The predicted molar refractivity (Wildman–Crippen MR) is 121 cm³/mol. The highest BCUT2D eigenvalue weighted by atomic mass is 79.9. The Morgan fingerprint density at radius 3 is 2.07 bits per heavy atom. The molecule has 0 spiro atoms. The topological polar surface area (TPSA) is 32.3 Å². The number of anilines is 2. The van der Waals surface area contributed by atoms with E-state index in [9.17, 15) is 4.79 Å². The minimum Gasteiger partial charge on any atom is -0.370 e. The van der Waals surface area contributed by atoms with Crippen molar-refractivity contribution in [3.8, 4) is 0 Å². The molecule has 6 rings (SSSR count). The maximum absolute atomic E-state index is 12.9. The number of carbonyl (C=O) groups is 1. The Balaban J connectivity index is 1.41. The summed E-state index contributed by atoms with van der Waals surface area (Å²) in [6.07, 6.45) is 8.03. The smallest absolute Gasteiger partial charge is 0.255 e. The van der Waals surface area contributed by atoms with Gasteiger partial charge in [0, 0.05) is 34.5 Å². The van der Waals surface area contributed by atoms with Gasteiger partial charge in [0.1, 0.15) is 0 Å². The van der Waals surface area contributed by atoms with Crippen LogP contribution in [0.2, 0.25) is 0 Å². The molecule has 2 saturated carbocycles. The second-order valence-electron chi connectivity index (χ2n) is 9.46. The molecule has 2 aliphatic carbocycles. The number of halogens is 1. The molecule has 29 heavy (non-hydrogen) atoms. The van der Waals surface area contributed by atoms with E-state index < -0.39 is 0 Å². The molecule has 2 fully saturated rings. The molecule has 4 aliphatic rings. The Morgan fingerprint density at radius 2 is 1.48 bits per heavy atom. The molecule has 0 aromatic heterocycles. The fraction of sp³-hybridized carbons (Fsp3) is 0.480. The van der Waals surface area contributed by atoms with Gasteiger partial charge in [0.2, 0.25) is 0 Å². The summed E-state index contributed by atoms with van der Waals surface area (Å²) in [7, 11) is 0. The lowest BCUT2D eigenvalue weighted by Gasteiger charge is -2.46. The van der Waals surface area contributed by atoms with E-state index in [1.165, 1.54) is 68.4 Å². The van der Waals surface area contributed by atoms with Crippen LogP contribution in [0.4, 0.5) is 11.4 Å². The molecule has 3 nitrogen and oxygen atoms in total. The van der Waals surface area contributed by atoms with Crippen molar-refractivity contribution in [2.24, 2.45) is 11.8 Å². The molecule has 0 bridgehead atoms. The van der Waals surface area contributed by atoms with Crippen LogP contribution in [0.1, 0.15) is 71.8 Å². The highest BCUT2D eigenvalue weighted by Gasteiger charge is 2.44. The van der Waals surface area contributed by atoms with Gasteiger partial charge in [-0.15, -0.1) is 0 Å². The minimum atomic E-state index is -0.0148. The van der Waals surface area contributed by atoms with Crippen molar-refractivity contribution in [1.82, 2.24) is 0 Å². The van der Waals surface area contributed by atoms with Crippen molar-refractivity contribution in [2.45, 2.75) is 50.4 Å². The van der Waals surface area contributed by atoms with E-state index in [2.05, 4.69) is 38.3 Å². The maximum Gasteiger partial charge on any atom is 0.255 e. The average molecular weight is 451 g/mol. The Kier molecular flexibility index (Phi) is 4.26. The first-order chi connectivity index (χ1) is 14.2. The molecule has 0 radical (unpaired) electrons. The maximum atomic E-state index is 12.9. The average Bonchev–Trinajstić information content (AvgIpc) is 3.38. The van der Waals surface area contributed by atoms with Gasteiger partial charge in [-0.2, -0.15) is 0 Å². The molecule has 150 valence electrons. The van der Waals surface area contributed by atoms with Crippen LogP contribution in [0, 0.1) is 11.8 Å². The van der Waals surface area contributed by atoms with Crippen molar-refractivity contribution in [1.29, 1.82) is 0 Å². The summed E-state index contributed by atoms with van der Waals surface area (Å²) in [4.78, 5) is 15.6. The molecule has 1 amide bonds. The van der Waals surface area contributed by atoms with Crippen molar-refractivity contribution < 1.29 is 4.79 Å². The van der Waals surface area contributed by atoms with Gasteiger partial charge in [-0.05, 0) is 96.9 Å². The number of nitrogens with one attached hydrogen (secondary N) is 1. The molecular formula is C25H27BrN2O. The first-order valence-electron chi connectivity index (χ1n) is 11.2. The molecule has 4 atom stereocenters. The Bertz CT molecular complexity index is 924. The zero-order valence-corrected chi connectivity index (χ0v) is 18.2. The molecular weight excluding hydrogens is 424 g/mol. The van der Waals surface area contributed by atoms with Gasteiger partial charge < -0.3 is 10.2 Å². The quantitative estimate of drug-likeness (QED) is 0.581. The number of rotatable bonds is 2. The zero-order chi connectivity index (χ0) is 19.5. The summed E-state index contributed by atoms with van der Waals surface area (Å²) in [6, 6.07) is 12.2. The third-order valence-electron chi connectivity index (χ3n) is 7.88. The van der Waals surface area contributed by atoms with Crippen molar-refractivity contribution in [3.05, 3.63) is 57.6 Å². The SMILES string of the molecule is O=C(Nc1cc2c3c(c1)[C@@H]1CCC[C@@H]1CN3C[C@H]1CCC[C@H]21)c1ccc(Br)cc1. The number of amides is 1. The van der Waals surface area contributed by atoms with Crippen LogP contribution < -0.4 is 10.2 Å². The number of fused-ring (bicyclic) bond motifs is 4. The van der Waals surface area contributed by atoms with Gasteiger partial charge in [-0.1, -0.05) is 28.8 Å². The Hall–Kier alpha value is -1.81. The van der Waals surface area contributed by atoms with Gasteiger partial charge >= 0.3 is 0 Å². The lowest BCUT2D eigenvalue weighted by atomic mass is 9.75. The van der Waals surface area contributed by atoms with Crippen LogP contribution in [0.25, 0.3) is 0 Å². The molecule has 2 heterocycles. The summed E-state index contributed by atoms with van der Waals surface area (Å²) in [6.45, 7) is 2.50. The van der Waals surface area contributed by atoms with Crippen LogP contribution in [0.3, 0.4) is 0 Å². The van der Waals surface area contributed by atoms with E-state index in [1.807, 2.05) is 24.3 Å². The summed E-state index contributed by atoms with van der Waals surface area (Å²) in [5.74, 6) is 2.94. The van der Waals surface area contributed by atoms with E-state index in [-0.39, 0.29) is 5.91 Å². The van der Waals surface area contributed by atoms with Gasteiger partial charge in [0.15, 0.2) is 0 Å². The second-order valence-corrected chi connectivity index (χ2v) is 10.4. The monoisotopic (exact) mass is 450 g/mol. The number of benzene rings is 2. The van der Waals surface area contributed by atoms with E-state index in [0.29, 0.717) is 17.4 Å². The third-order valence-corrected chi connectivity index (χ3v) is 8.40. The molecule has 0 unspecified atom stereocenters. The molecule has 2 aromatic rings. The largest absolute Gasteiger partial charge is 0.370 e. The molecule has 0 saturated heterocycles. The van der Waals surface area contributed by atoms with Crippen LogP contribution >= 0.6 is 15.9 Å². The second kappa shape index (κ2) is 6.87. The first-order valence-corrected chi connectivity index (χ1v) is 12.0. The first kappa shape index (κ1) is 18.0. The number of carbonyl (C=O) groups excluding carboxylic acids is 1. The molecule has 2 aromatic carbocycles. The molecule has 4 heteroatoms. The highest BCUT2D eigenvalue weighted by molar-refractivity contribution is 9.10. The summed E-state index contributed by atoms with van der Waals surface area (Å²) in [5, 5.41) is 3.23. The van der Waals surface area contributed by atoms with Crippen molar-refractivity contribution in [3.63, 3.8) is 0 Å². The highest BCUT2D eigenvalue weighted by Crippen LogP contribution is 2.56. The summed E-state index contributed by atoms with van der Waals surface area (Å²) >= 11 is 3.45. The zero-order valence-electron chi connectivity index (χ0n) is 16.7. The number of hydrogen-bond donors (Lipinski definition) is 1. The summed E-state index contributed by atoms with van der Waals surface area (Å²) < 4.78 is 0.993. The fourth-order valence-electron chi connectivity index (χ4n) is 6.64. The molecule has 1 N–H and O–H groups in total. The van der Waals surface area contributed by atoms with Gasteiger partial charge in [0.25, 0.3) is 5.91 Å². The van der Waals surface area contributed by atoms with E-state index in [4.69, 9.17) is 0 Å². The van der Waals surface area contributed by atoms with E-state index in [0.717, 1.165) is 22.0 Å². The normalized spacial score (nSPS) is 29.2. The van der Waals surface area contributed by atoms with Gasteiger partial charge in [-0.3, -0.25) is 4.79 Å².